The molecular formula is C24H31N3O2. The molecule has 1 unspecified atom stereocenters. The van der Waals surface area contributed by atoms with E-state index in [1.165, 1.54) is 16.8 Å². The van der Waals surface area contributed by atoms with Crippen molar-refractivity contribution in [1.82, 2.24) is 10.2 Å². The fourth-order valence-electron chi connectivity index (χ4n) is 3.61. The van der Waals surface area contributed by atoms with Crippen LogP contribution < -0.4 is 10.2 Å². The third-order valence-electron chi connectivity index (χ3n) is 5.85. The molecule has 3 rings (SSSR count). The van der Waals surface area contributed by atoms with Gasteiger partial charge in [0.2, 0.25) is 0 Å². The average molecular weight is 394 g/mol. The van der Waals surface area contributed by atoms with Crippen LogP contribution in [-0.2, 0) is 0 Å². The van der Waals surface area contributed by atoms with E-state index in [-0.39, 0.29) is 17.9 Å². The molecule has 1 fully saturated rings. The Morgan fingerprint density at radius 1 is 1.00 bits per heavy atom. The first-order chi connectivity index (χ1) is 13.9. The van der Waals surface area contributed by atoms with Gasteiger partial charge < -0.3 is 15.1 Å². The number of hydrogen-bond donors (Lipinski definition) is 1. The molecule has 1 saturated heterocycles. The first kappa shape index (κ1) is 20.9. The van der Waals surface area contributed by atoms with Crippen LogP contribution in [0.3, 0.4) is 0 Å². The number of nitrogens with zero attached hydrogens (tertiary/aromatic N) is 2. The number of amides is 2. The summed E-state index contributed by atoms with van der Waals surface area (Å²) in [7, 11) is 0. The van der Waals surface area contributed by atoms with E-state index in [9.17, 15) is 9.59 Å². The van der Waals surface area contributed by atoms with Crippen LogP contribution in [-0.4, -0.2) is 48.9 Å². The van der Waals surface area contributed by atoms with E-state index >= 15 is 0 Å². The number of anilines is 1. The van der Waals surface area contributed by atoms with Gasteiger partial charge in [-0.25, -0.2) is 0 Å². The number of carbonyl (C=O) groups excluding carboxylic acids is 2. The number of rotatable bonds is 5. The molecule has 0 spiro atoms. The maximum atomic E-state index is 13.0. The lowest BCUT2D eigenvalue weighted by Gasteiger charge is -2.37. The molecule has 5 nitrogen and oxygen atoms in total. The highest BCUT2D eigenvalue weighted by atomic mass is 16.2. The Morgan fingerprint density at radius 2 is 1.66 bits per heavy atom. The molecule has 1 atom stereocenters. The van der Waals surface area contributed by atoms with Crippen molar-refractivity contribution in [2.45, 2.75) is 40.2 Å². The van der Waals surface area contributed by atoms with Crippen LogP contribution in [0, 0.1) is 13.8 Å². The smallest absolute Gasteiger partial charge is 0.253 e. The highest BCUT2D eigenvalue weighted by Gasteiger charge is 2.24. The van der Waals surface area contributed by atoms with E-state index in [1.807, 2.05) is 18.7 Å². The maximum Gasteiger partial charge on any atom is 0.253 e. The van der Waals surface area contributed by atoms with Crippen LogP contribution >= 0.6 is 0 Å². The number of piperazine rings is 1. The normalized spacial score (nSPS) is 15.2. The fourth-order valence-corrected chi connectivity index (χ4v) is 3.61. The highest BCUT2D eigenvalue weighted by molar-refractivity contribution is 5.99. The van der Waals surface area contributed by atoms with Gasteiger partial charge in [-0.15, -0.1) is 0 Å². The molecular weight excluding hydrogens is 362 g/mol. The molecule has 2 amide bonds. The highest BCUT2D eigenvalue weighted by Crippen LogP contribution is 2.24. The molecule has 5 heteroatoms. The van der Waals surface area contributed by atoms with E-state index in [0.29, 0.717) is 24.2 Å². The van der Waals surface area contributed by atoms with Crippen molar-refractivity contribution in [2.24, 2.45) is 0 Å². The Balaban J connectivity index is 1.66. The van der Waals surface area contributed by atoms with Crippen molar-refractivity contribution in [3.8, 4) is 0 Å². The topological polar surface area (TPSA) is 52.7 Å². The molecule has 1 N–H and O–H groups in total. The van der Waals surface area contributed by atoms with Gasteiger partial charge in [-0.1, -0.05) is 25.1 Å². The maximum absolute atomic E-state index is 13.0. The fraction of sp³-hybridized carbons (Fsp3) is 0.417. The second-order valence-corrected chi connectivity index (χ2v) is 7.86. The van der Waals surface area contributed by atoms with Crippen molar-refractivity contribution in [3.63, 3.8) is 0 Å². The number of hydrogen-bond acceptors (Lipinski definition) is 3. The van der Waals surface area contributed by atoms with Gasteiger partial charge in [-0.2, -0.15) is 0 Å². The number of benzene rings is 2. The average Bonchev–Trinajstić information content (AvgIpc) is 2.75. The summed E-state index contributed by atoms with van der Waals surface area (Å²) in [5.74, 6) is -0.141. The summed E-state index contributed by atoms with van der Waals surface area (Å²) < 4.78 is 0. The van der Waals surface area contributed by atoms with Crippen molar-refractivity contribution in [2.75, 3.05) is 31.1 Å². The summed E-state index contributed by atoms with van der Waals surface area (Å²) >= 11 is 0. The molecule has 154 valence electrons. The van der Waals surface area contributed by atoms with Crippen molar-refractivity contribution in [3.05, 3.63) is 64.7 Å². The van der Waals surface area contributed by atoms with Gasteiger partial charge in [0.05, 0.1) is 0 Å². The molecule has 1 aliphatic heterocycles. The standard InChI is InChI=1S/C24H31N3O2/c1-5-18(3)25-23(28)20-9-7-10-21(16-20)24(29)27-14-12-26(13-15-27)22-11-6-8-17(2)19(22)4/h6-11,16,18H,5,12-15H2,1-4H3,(H,25,28). The predicted molar refractivity (Wildman–Crippen MR) is 118 cm³/mol. The van der Waals surface area contributed by atoms with Crippen molar-refractivity contribution >= 4 is 17.5 Å². The molecule has 0 bridgehead atoms. The van der Waals surface area contributed by atoms with Gasteiger partial charge >= 0.3 is 0 Å². The van der Waals surface area contributed by atoms with Gasteiger partial charge in [0, 0.05) is 49.0 Å². The summed E-state index contributed by atoms with van der Waals surface area (Å²) in [6, 6.07) is 13.5. The Labute approximate surface area is 173 Å². The van der Waals surface area contributed by atoms with Gasteiger partial charge in [-0.3, -0.25) is 9.59 Å². The molecule has 0 aliphatic carbocycles. The Bertz CT molecular complexity index is 885. The van der Waals surface area contributed by atoms with E-state index in [2.05, 4.69) is 42.3 Å². The zero-order chi connectivity index (χ0) is 21.0. The van der Waals surface area contributed by atoms with Gasteiger partial charge in [0.25, 0.3) is 11.8 Å². The first-order valence-electron chi connectivity index (χ1n) is 10.4. The summed E-state index contributed by atoms with van der Waals surface area (Å²) in [6.07, 6.45) is 0.870. The quantitative estimate of drug-likeness (QED) is 0.841. The molecule has 0 aromatic heterocycles. The first-order valence-corrected chi connectivity index (χ1v) is 10.4. The van der Waals surface area contributed by atoms with Gasteiger partial charge in [0.1, 0.15) is 0 Å². The van der Waals surface area contributed by atoms with Crippen molar-refractivity contribution < 1.29 is 9.59 Å². The molecule has 29 heavy (non-hydrogen) atoms. The largest absolute Gasteiger partial charge is 0.368 e. The minimum Gasteiger partial charge on any atom is -0.368 e. The third-order valence-corrected chi connectivity index (χ3v) is 5.85. The summed E-state index contributed by atoms with van der Waals surface area (Å²) in [4.78, 5) is 29.6. The van der Waals surface area contributed by atoms with Crippen molar-refractivity contribution in [1.29, 1.82) is 0 Å². The van der Waals surface area contributed by atoms with E-state index in [0.717, 1.165) is 19.5 Å². The van der Waals surface area contributed by atoms with Crippen LogP contribution in [0.25, 0.3) is 0 Å². The Hall–Kier alpha value is -2.82. The van der Waals surface area contributed by atoms with Crippen LogP contribution in [0.5, 0.6) is 0 Å². The molecule has 1 aliphatic rings. The zero-order valence-corrected chi connectivity index (χ0v) is 17.9. The van der Waals surface area contributed by atoms with Crippen LogP contribution in [0.2, 0.25) is 0 Å². The lowest BCUT2D eigenvalue weighted by Crippen LogP contribution is -2.49. The van der Waals surface area contributed by atoms with Crippen LogP contribution in [0.4, 0.5) is 5.69 Å². The lowest BCUT2D eigenvalue weighted by atomic mass is 10.1. The molecule has 0 radical (unpaired) electrons. The molecule has 1 heterocycles. The van der Waals surface area contributed by atoms with E-state index in [4.69, 9.17) is 0 Å². The Kier molecular flexibility index (Phi) is 6.57. The minimum absolute atomic E-state index is 0.0104. The van der Waals surface area contributed by atoms with Gasteiger partial charge in [0.15, 0.2) is 0 Å². The number of aryl methyl sites for hydroxylation is 1. The number of carbonyl (C=O) groups is 2. The molecule has 2 aromatic carbocycles. The van der Waals surface area contributed by atoms with Gasteiger partial charge in [-0.05, 0) is 62.6 Å². The summed E-state index contributed by atoms with van der Waals surface area (Å²) in [6.45, 7) is 11.3. The predicted octanol–water partition coefficient (Wildman–Crippen LogP) is 3.79. The Morgan fingerprint density at radius 3 is 2.34 bits per heavy atom. The summed E-state index contributed by atoms with van der Waals surface area (Å²) in [5, 5.41) is 2.95. The number of nitrogens with one attached hydrogen (secondary N) is 1. The SMILES string of the molecule is CCC(C)NC(=O)c1cccc(C(=O)N2CCN(c3cccc(C)c3C)CC2)c1. The second kappa shape index (κ2) is 9.12. The van der Waals surface area contributed by atoms with E-state index in [1.54, 1.807) is 24.3 Å². The summed E-state index contributed by atoms with van der Waals surface area (Å²) in [5.41, 5.74) is 4.94. The van der Waals surface area contributed by atoms with Crippen LogP contribution in [0.15, 0.2) is 42.5 Å². The van der Waals surface area contributed by atoms with Crippen LogP contribution in [0.1, 0.15) is 52.1 Å². The third kappa shape index (κ3) is 4.78. The monoisotopic (exact) mass is 393 g/mol. The molecule has 2 aromatic rings. The molecule has 0 saturated carbocycles. The minimum atomic E-state index is -0.131. The van der Waals surface area contributed by atoms with E-state index < -0.39 is 0 Å². The lowest BCUT2D eigenvalue weighted by molar-refractivity contribution is 0.0746. The second-order valence-electron chi connectivity index (χ2n) is 7.86. The zero-order valence-electron chi connectivity index (χ0n) is 17.9.